The standard InChI is InChI=1S/C15H10N3O/c1-2-4-11-10(3-1)7-18-14-12-5-6-16-9-17(12)8-13(14)19-15(11)18/h1-6,8-9H,7H2/q+1. The van der Waals surface area contributed by atoms with Gasteiger partial charge in [-0.05, 0) is 12.1 Å². The molecule has 0 radical (unpaired) electrons. The molecule has 0 saturated heterocycles. The van der Waals surface area contributed by atoms with Crippen molar-refractivity contribution in [2.45, 2.75) is 6.54 Å². The Hall–Kier alpha value is -2.62. The second-order valence-electron chi connectivity index (χ2n) is 4.87. The number of hydrogen-bond acceptors (Lipinski definition) is 2. The van der Waals surface area contributed by atoms with Crippen LogP contribution in [0.5, 0.6) is 0 Å². The van der Waals surface area contributed by atoms with Gasteiger partial charge >= 0.3 is 5.89 Å². The lowest BCUT2D eigenvalue weighted by Crippen LogP contribution is -2.30. The number of oxazole rings is 1. The van der Waals surface area contributed by atoms with Crippen molar-refractivity contribution >= 4 is 16.6 Å². The minimum atomic E-state index is 0.875. The van der Waals surface area contributed by atoms with Crippen LogP contribution in [0.4, 0.5) is 0 Å². The Kier molecular flexibility index (Phi) is 1.49. The van der Waals surface area contributed by atoms with E-state index in [2.05, 4.69) is 33.8 Å². The summed E-state index contributed by atoms with van der Waals surface area (Å²) in [5.41, 5.74) is 5.71. The Balaban J connectivity index is 1.94. The van der Waals surface area contributed by atoms with Crippen LogP contribution in [-0.2, 0) is 6.54 Å². The number of hydrogen-bond donors (Lipinski definition) is 0. The van der Waals surface area contributed by atoms with Crippen molar-refractivity contribution in [1.82, 2.24) is 9.38 Å². The van der Waals surface area contributed by atoms with Gasteiger partial charge in [-0.3, -0.25) is 4.40 Å². The molecule has 0 saturated carbocycles. The number of aromatic nitrogens is 3. The van der Waals surface area contributed by atoms with Gasteiger partial charge in [-0.2, -0.15) is 0 Å². The van der Waals surface area contributed by atoms with Crippen LogP contribution in [0, 0.1) is 0 Å². The van der Waals surface area contributed by atoms with Gasteiger partial charge in [0.2, 0.25) is 5.58 Å². The molecule has 19 heavy (non-hydrogen) atoms. The van der Waals surface area contributed by atoms with E-state index in [1.165, 1.54) is 11.1 Å². The summed E-state index contributed by atoms with van der Waals surface area (Å²) in [7, 11) is 0. The molecule has 0 unspecified atom stereocenters. The molecule has 4 heterocycles. The van der Waals surface area contributed by atoms with Crippen LogP contribution in [0.3, 0.4) is 0 Å². The number of benzene rings is 1. The first-order chi connectivity index (χ1) is 9.42. The largest absolute Gasteiger partial charge is 0.396 e. The smallest absolute Gasteiger partial charge is 0.382 e. The lowest BCUT2D eigenvalue weighted by molar-refractivity contribution is -0.648. The lowest BCUT2D eigenvalue weighted by Gasteiger charge is -1.90. The maximum Gasteiger partial charge on any atom is 0.382 e. The van der Waals surface area contributed by atoms with Crippen molar-refractivity contribution in [1.29, 1.82) is 0 Å². The van der Waals surface area contributed by atoms with Crippen LogP contribution < -0.4 is 4.57 Å². The Morgan fingerprint density at radius 1 is 1.21 bits per heavy atom. The van der Waals surface area contributed by atoms with Crippen molar-refractivity contribution in [2.24, 2.45) is 0 Å². The lowest BCUT2D eigenvalue weighted by atomic mass is 10.1. The zero-order valence-electron chi connectivity index (χ0n) is 10.1. The van der Waals surface area contributed by atoms with E-state index in [1.54, 1.807) is 6.33 Å². The van der Waals surface area contributed by atoms with Gasteiger partial charge in [0.15, 0.2) is 6.54 Å². The van der Waals surface area contributed by atoms with E-state index >= 15 is 0 Å². The molecule has 0 atom stereocenters. The molecule has 1 aliphatic rings. The summed E-state index contributed by atoms with van der Waals surface area (Å²) in [4.78, 5) is 4.13. The van der Waals surface area contributed by atoms with Crippen molar-refractivity contribution in [3.8, 4) is 11.5 Å². The van der Waals surface area contributed by atoms with Gasteiger partial charge in [0, 0.05) is 11.8 Å². The highest BCUT2D eigenvalue weighted by Gasteiger charge is 2.35. The third-order valence-corrected chi connectivity index (χ3v) is 3.82. The fourth-order valence-electron chi connectivity index (χ4n) is 2.99. The summed E-state index contributed by atoms with van der Waals surface area (Å²) >= 11 is 0. The Bertz CT molecular complexity index is 949. The van der Waals surface area contributed by atoms with Crippen molar-refractivity contribution in [3.63, 3.8) is 0 Å². The second kappa shape index (κ2) is 3.03. The molecular formula is C15H10N3O+. The maximum absolute atomic E-state index is 6.04. The van der Waals surface area contributed by atoms with Crippen LogP contribution >= 0.6 is 0 Å². The highest BCUT2D eigenvalue weighted by molar-refractivity contribution is 5.89. The molecule has 5 rings (SSSR count). The highest BCUT2D eigenvalue weighted by Crippen LogP contribution is 2.32. The van der Waals surface area contributed by atoms with Gasteiger partial charge in [-0.25, -0.2) is 4.98 Å². The van der Waals surface area contributed by atoms with E-state index in [0.717, 1.165) is 29.1 Å². The Morgan fingerprint density at radius 2 is 2.16 bits per heavy atom. The molecule has 0 aliphatic carbocycles. The van der Waals surface area contributed by atoms with Crippen LogP contribution in [0.15, 0.2) is 53.5 Å². The van der Waals surface area contributed by atoms with Crippen LogP contribution in [0.1, 0.15) is 5.56 Å². The molecule has 1 aliphatic heterocycles. The third kappa shape index (κ3) is 1.04. The molecule has 3 aromatic heterocycles. The summed E-state index contributed by atoms with van der Waals surface area (Å²) in [6.07, 6.45) is 5.61. The minimum Gasteiger partial charge on any atom is -0.396 e. The van der Waals surface area contributed by atoms with E-state index in [1.807, 2.05) is 22.9 Å². The molecule has 0 N–H and O–H groups in total. The summed E-state index contributed by atoms with van der Waals surface area (Å²) in [5, 5.41) is 0. The van der Waals surface area contributed by atoms with Crippen molar-refractivity contribution in [3.05, 3.63) is 54.6 Å². The quantitative estimate of drug-likeness (QED) is 0.394. The van der Waals surface area contributed by atoms with Crippen LogP contribution in [-0.4, -0.2) is 9.38 Å². The first-order valence-corrected chi connectivity index (χ1v) is 6.27. The molecule has 0 spiro atoms. The molecule has 90 valence electrons. The zero-order valence-corrected chi connectivity index (χ0v) is 10.1. The first kappa shape index (κ1) is 9.33. The van der Waals surface area contributed by atoms with Gasteiger partial charge in [0.25, 0.3) is 5.52 Å². The Morgan fingerprint density at radius 3 is 3.16 bits per heavy atom. The summed E-state index contributed by atoms with van der Waals surface area (Å²) in [6, 6.07) is 10.4. The van der Waals surface area contributed by atoms with Crippen molar-refractivity contribution < 1.29 is 8.98 Å². The monoisotopic (exact) mass is 248 g/mol. The zero-order chi connectivity index (χ0) is 12.4. The average molecular weight is 248 g/mol. The number of fused-ring (bicyclic) bond motifs is 7. The molecule has 4 heteroatoms. The summed E-state index contributed by atoms with van der Waals surface area (Å²) in [5.74, 6) is 0.958. The van der Waals surface area contributed by atoms with Crippen LogP contribution in [0.2, 0.25) is 0 Å². The van der Waals surface area contributed by atoms with Gasteiger partial charge in [0.1, 0.15) is 5.52 Å². The molecule has 0 fully saturated rings. The van der Waals surface area contributed by atoms with Crippen molar-refractivity contribution in [2.75, 3.05) is 0 Å². The summed E-state index contributed by atoms with van der Waals surface area (Å²) in [6.45, 7) is 0.875. The SMILES string of the molecule is c1ccc2c(c1)C[n+]1c-2oc2cn3cnccc3c21. The second-order valence-corrected chi connectivity index (χ2v) is 4.87. The van der Waals surface area contributed by atoms with Crippen LogP contribution in [0.25, 0.3) is 28.1 Å². The number of rotatable bonds is 0. The molecule has 4 aromatic rings. The predicted molar refractivity (Wildman–Crippen MR) is 69.7 cm³/mol. The third-order valence-electron chi connectivity index (χ3n) is 3.82. The van der Waals surface area contributed by atoms with E-state index in [9.17, 15) is 0 Å². The maximum atomic E-state index is 6.04. The van der Waals surface area contributed by atoms with Gasteiger partial charge in [0.05, 0.1) is 18.1 Å². The fourth-order valence-corrected chi connectivity index (χ4v) is 2.99. The molecule has 4 nitrogen and oxygen atoms in total. The van der Waals surface area contributed by atoms with E-state index in [4.69, 9.17) is 4.42 Å². The normalized spacial score (nSPS) is 13.1. The topological polar surface area (TPSA) is 34.3 Å². The van der Waals surface area contributed by atoms with Gasteiger partial charge in [-0.15, -0.1) is 4.57 Å². The van der Waals surface area contributed by atoms with Gasteiger partial charge in [-0.1, -0.05) is 18.2 Å². The van der Waals surface area contributed by atoms with E-state index in [0.29, 0.717) is 0 Å². The highest BCUT2D eigenvalue weighted by atomic mass is 16.4. The van der Waals surface area contributed by atoms with E-state index < -0.39 is 0 Å². The molecular weight excluding hydrogens is 238 g/mol. The number of nitrogens with zero attached hydrogens (tertiary/aromatic N) is 3. The van der Waals surface area contributed by atoms with Gasteiger partial charge < -0.3 is 4.42 Å². The molecule has 1 aromatic carbocycles. The fraction of sp³-hybridized carbons (Fsp3) is 0.0667. The summed E-state index contributed by atoms with van der Waals surface area (Å²) < 4.78 is 10.3. The average Bonchev–Trinajstić information content (AvgIpc) is 3.05. The first-order valence-electron chi connectivity index (χ1n) is 6.27. The predicted octanol–water partition coefficient (Wildman–Crippen LogP) is 2.40. The molecule has 0 amide bonds. The minimum absolute atomic E-state index is 0.875. The van der Waals surface area contributed by atoms with E-state index in [-0.39, 0.29) is 0 Å². The Labute approximate surface area is 108 Å². The molecule has 0 bridgehead atoms.